The van der Waals surface area contributed by atoms with E-state index in [9.17, 15) is 4.79 Å². The molecule has 1 aliphatic heterocycles. The molecule has 2 aromatic rings. The van der Waals surface area contributed by atoms with Crippen molar-refractivity contribution in [2.75, 3.05) is 31.5 Å². The maximum absolute atomic E-state index is 12.4. The Morgan fingerprint density at radius 2 is 1.96 bits per heavy atom. The summed E-state index contributed by atoms with van der Waals surface area (Å²) in [5.41, 5.74) is 9.04. The van der Waals surface area contributed by atoms with Gasteiger partial charge in [-0.05, 0) is 48.7 Å². The zero-order chi connectivity index (χ0) is 17.8. The zero-order valence-corrected chi connectivity index (χ0v) is 16.4. The van der Waals surface area contributed by atoms with Crippen LogP contribution in [0.4, 0.5) is 5.69 Å². The second-order valence-electron chi connectivity index (χ2n) is 6.71. The molecule has 1 amide bonds. The quantitative estimate of drug-likeness (QED) is 0.814. The number of halogens is 2. The van der Waals surface area contributed by atoms with Crippen LogP contribution < -0.4 is 11.1 Å². The number of likely N-dealkylation sites (tertiary alicyclic amines) is 1. The molecule has 0 unspecified atom stereocenters. The molecule has 0 radical (unpaired) electrons. The predicted molar refractivity (Wildman–Crippen MR) is 110 cm³/mol. The average Bonchev–Trinajstić information content (AvgIpc) is 3.01. The van der Waals surface area contributed by atoms with Gasteiger partial charge in [0.2, 0.25) is 5.91 Å². The maximum Gasteiger partial charge on any atom is 0.238 e. The van der Waals surface area contributed by atoms with Crippen LogP contribution in [0.25, 0.3) is 0 Å². The van der Waals surface area contributed by atoms with Crippen LogP contribution in [-0.4, -0.2) is 37.0 Å². The monoisotopic (exact) mass is 393 g/mol. The first-order valence-corrected chi connectivity index (χ1v) is 8.98. The lowest BCUT2D eigenvalue weighted by Gasteiger charge is -2.17. The van der Waals surface area contributed by atoms with Gasteiger partial charge in [0.05, 0.1) is 6.54 Å². The highest BCUT2D eigenvalue weighted by atomic mass is 35.5. The van der Waals surface area contributed by atoms with Gasteiger partial charge in [0.1, 0.15) is 0 Å². The van der Waals surface area contributed by atoms with Gasteiger partial charge in [0.15, 0.2) is 0 Å². The highest BCUT2D eigenvalue weighted by molar-refractivity contribution is 6.30. The van der Waals surface area contributed by atoms with E-state index < -0.39 is 0 Å². The van der Waals surface area contributed by atoms with Gasteiger partial charge in [-0.1, -0.05) is 41.9 Å². The first kappa shape index (κ1) is 20.7. The summed E-state index contributed by atoms with van der Waals surface area (Å²) in [4.78, 5) is 14.6. The van der Waals surface area contributed by atoms with Gasteiger partial charge < -0.3 is 11.1 Å². The Hall–Kier alpha value is -1.59. The molecule has 0 spiro atoms. The van der Waals surface area contributed by atoms with Crippen LogP contribution >= 0.6 is 24.0 Å². The number of hydrogen-bond donors (Lipinski definition) is 2. The van der Waals surface area contributed by atoms with Crippen LogP contribution in [0, 0.1) is 12.8 Å². The SMILES string of the molecule is Cc1cc(Cl)ccc1NC(=O)CN1C[C@@H](CN)[C@H](c2ccccc2)C1.Cl. The van der Waals surface area contributed by atoms with E-state index in [1.807, 2.05) is 25.1 Å². The van der Waals surface area contributed by atoms with Crippen LogP contribution in [0.2, 0.25) is 5.02 Å². The highest BCUT2D eigenvalue weighted by Crippen LogP contribution is 2.31. The molecule has 26 heavy (non-hydrogen) atoms. The Morgan fingerprint density at radius 1 is 1.23 bits per heavy atom. The third-order valence-electron chi connectivity index (χ3n) is 4.88. The molecule has 1 heterocycles. The van der Waals surface area contributed by atoms with Gasteiger partial charge in [-0.3, -0.25) is 9.69 Å². The third kappa shape index (κ3) is 4.98. The minimum absolute atomic E-state index is 0. The van der Waals surface area contributed by atoms with Crippen molar-refractivity contribution in [3.05, 3.63) is 64.7 Å². The molecule has 0 saturated carbocycles. The summed E-state index contributed by atoms with van der Waals surface area (Å²) in [6.45, 7) is 4.66. The molecule has 1 fully saturated rings. The van der Waals surface area contributed by atoms with Gasteiger partial charge in [0, 0.05) is 29.7 Å². The van der Waals surface area contributed by atoms with E-state index in [1.54, 1.807) is 6.07 Å². The molecular weight excluding hydrogens is 369 g/mol. The molecule has 6 heteroatoms. The predicted octanol–water partition coefficient (Wildman–Crippen LogP) is 3.68. The number of nitrogens with two attached hydrogens (primary N) is 1. The summed E-state index contributed by atoms with van der Waals surface area (Å²) in [5.74, 6) is 0.763. The lowest BCUT2D eigenvalue weighted by atomic mass is 9.89. The molecule has 140 valence electrons. The molecule has 2 aromatic carbocycles. The normalized spacial score (nSPS) is 19.8. The standard InChI is InChI=1S/C20H24ClN3O.ClH/c1-14-9-17(21)7-8-19(14)23-20(25)13-24-11-16(10-22)18(12-24)15-5-3-2-4-6-15;/h2-9,16,18H,10-13,22H2,1H3,(H,23,25);1H/t16-,18+;/m1./s1. The van der Waals surface area contributed by atoms with Crippen LogP contribution in [0.1, 0.15) is 17.0 Å². The molecule has 0 aliphatic carbocycles. The van der Waals surface area contributed by atoms with E-state index in [0.29, 0.717) is 29.9 Å². The second-order valence-corrected chi connectivity index (χ2v) is 7.15. The number of rotatable bonds is 5. The minimum atomic E-state index is -0.00472. The number of aryl methyl sites for hydroxylation is 1. The number of nitrogens with zero attached hydrogens (tertiary/aromatic N) is 1. The lowest BCUT2D eigenvalue weighted by Crippen LogP contribution is -2.32. The first-order valence-electron chi connectivity index (χ1n) is 8.60. The molecular formula is C20H25Cl2N3O. The first-order chi connectivity index (χ1) is 12.1. The molecule has 1 aliphatic rings. The van der Waals surface area contributed by atoms with E-state index in [0.717, 1.165) is 24.3 Å². The number of benzene rings is 2. The summed E-state index contributed by atoms with van der Waals surface area (Å²) in [7, 11) is 0. The van der Waals surface area contributed by atoms with Crippen molar-refractivity contribution in [3.8, 4) is 0 Å². The van der Waals surface area contributed by atoms with Crippen molar-refractivity contribution in [3.63, 3.8) is 0 Å². The molecule has 2 atom stereocenters. The summed E-state index contributed by atoms with van der Waals surface area (Å²) in [5, 5.41) is 3.65. The van der Waals surface area contributed by atoms with Crippen LogP contribution in [0.15, 0.2) is 48.5 Å². The Bertz CT molecular complexity index is 739. The van der Waals surface area contributed by atoms with Crippen molar-refractivity contribution in [1.29, 1.82) is 0 Å². The number of carbonyl (C=O) groups excluding carboxylic acids is 1. The van der Waals surface area contributed by atoms with Crippen molar-refractivity contribution in [2.45, 2.75) is 12.8 Å². The van der Waals surface area contributed by atoms with Gasteiger partial charge in [-0.2, -0.15) is 0 Å². The fourth-order valence-electron chi connectivity index (χ4n) is 3.57. The zero-order valence-electron chi connectivity index (χ0n) is 14.8. The number of carbonyl (C=O) groups is 1. The van der Waals surface area contributed by atoms with Gasteiger partial charge in [-0.15, -0.1) is 12.4 Å². The Balaban J connectivity index is 0.00000243. The Labute approximate surface area is 166 Å². The van der Waals surface area contributed by atoms with Crippen molar-refractivity contribution in [2.24, 2.45) is 11.7 Å². The molecule has 0 aromatic heterocycles. The molecule has 1 saturated heterocycles. The van der Waals surface area contributed by atoms with Gasteiger partial charge >= 0.3 is 0 Å². The summed E-state index contributed by atoms with van der Waals surface area (Å²) in [6, 6.07) is 15.9. The molecule has 3 rings (SSSR count). The van der Waals surface area contributed by atoms with E-state index in [4.69, 9.17) is 17.3 Å². The Kier molecular flexibility index (Phi) is 7.47. The summed E-state index contributed by atoms with van der Waals surface area (Å²) < 4.78 is 0. The molecule has 0 bridgehead atoms. The van der Waals surface area contributed by atoms with E-state index in [2.05, 4.69) is 34.5 Å². The average molecular weight is 394 g/mol. The smallest absolute Gasteiger partial charge is 0.238 e. The lowest BCUT2D eigenvalue weighted by molar-refractivity contribution is -0.117. The topological polar surface area (TPSA) is 58.4 Å². The number of hydrogen-bond acceptors (Lipinski definition) is 3. The number of amides is 1. The largest absolute Gasteiger partial charge is 0.330 e. The molecule has 4 nitrogen and oxygen atoms in total. The molecule has 3 N–H and O–H groups in total. The number of anilines is 1. The summed E-state index contributed by atoms with van der Waals surface area (Å²) in [6.07, 6.45) is 0. The van der Waals surface area contributed by atoms with Crippen LogP contribution in [0.5, 0.6) is 0 Å². The fourth-order valence-corrected chi connectivity index (χ4v) is 3.79. The number of nitrogens with one attached hydrogen (secondary N) is 1. The van der Waals surface area contributed by atoms with E-state index in [1.165, 1.54) is 5.56 Å². The third-order valence-corrected chi connectivity index (χ3v) is 5.11. The van der Waals surface area contributed by atoms with Crippen LogP contribution in [-0.2, 0) is 4.79 Å². The second kappa shape index (κ2) is 9.38. The maximum atomic E-state index is 12.4. The fraction of sp³-hybridized carbons (Fsp3) is 0.350. The minimum Gasteiger partial charge on any atom is -0.330 e. The van der Waals surface area contributed by atoms with Crippen LogP contribution in [0.3, 0.4) is 0 Å². The summed E-state index contributed by atoms with van der Waals surface area (Å²) >= 11 is 5.96. The van der Waals surface area contributed by atoms with Gasteiger partial charge in [0.25, 0.3) is 0 Å². The van der Waals surface area contributed by atoms with Gasteiger partial charge in [-0.25, -0.2) is 0 Å². The van der Waals surface area contributed by atoms with Crippen molar-refractivity contribution < 1.29 is 4.79 Å². The Morgan fingerprint density at radius 3 is 2.62 bits per heavy atom. The van der Waals surface area contributed by atoms with E-state index in [-0.39, 0.29) is 18.3 Å². The highest BCUT2D eigenvalue weighted by Gasteiger charge is 2.33. The van der Waals surface area contributed by atoms with Crippen molar-refractivity contribution >= 4 is 35.6 Å². The van der Waals surface area contributed by atoms with E-state index >= 15 is 0 Å². The van der Waals surface area contributed by atoms with Crippen molar-refractivity contribution in [1.82, 2.24) is 4.90 Å².